The SMILES string of the molecule is Cc1cc2ncn(CN(C)C(c3ccccc3)c3ccccc3)c2cc1C. The molecule has 1 aromatic heterocycles. The largest absolute Gasteiger partial charge is 0.317 e. The molecular weight excluding hydrogens is 330 g/mol. The van der Waals surface area contributed by atoms with Crippen LogP contribution in [0.15, 0.2) is 79.1 Å². The average Bonchev–Trinajstić information content (AvgIpc) is 3.05. The second-order valence-electron chi connectivity index (χ2n) is 7.26. The molecule has 0 atom stereocenters. The first-order valence-corrected chi connectivity index (χ1v) is 9.35. The lowest BCUT2D eigenvalue weighted by molar-refractivity contribution is 0.224. The zero-order valence-corrected chi connectivity index (χ0v) is 16.1. The van der Waals surface area contributed by atoms with Gasteiger partial charge in [-0.15, -0.1) is 0 Å². The number of imidazole rings is 1. The van der Waals surface area contributed by atoms with Crippen LogP contribution in [0, 0.1) is 13.8 Å². The fourth-order valence-electron chi connectivity index (χ4n) is 3.72. The maximum absolute atomic E-state index is 4.61. The van der Waals surface area contributed by atoms with E-state index in [-0.39, 0.29) is 6.04 Å². The Morgan fingerprint density at radius 1 is 0.852 bits per heavy atom. The lowest BCUT2D eigenvalue weighted by Gasteiger charge is -2.29. The summed E-state index contributed by atoms with van der Waals surface area (Å²) in [5.41, 5.74) is 7.42. The number of fused-ring (bicyclic) bond motifs is 1. The first kappa shape index (κ1) is 17.5. The molecule has 0 aliphatic heterocycles. The molecule has 0 N–H and O–H groups in total. The van der Waals surface area contributed by atoms with Crippen LogP contribution < -0.4 is 0 Å². The number of aromatic nitrogens is 2. The van der Waals surface area contributed by atoms with Gasteiger partial charge < -0.3 is 4.57 Å². The number of hydrogen-bond acceptors (Lipinski definition) is 2. The van der Waals surface area contributed by atoms with Crippen molar-refractivity contribution in [2.24, 2.45) is 0 Å². The third-order valence-electron chi connectivity index (χ3n) is 5.28. The molecule has 0 amide bonds. The van der Waals surface area contributed by atoms with Gasteiger partial charge in [-0.2, -0.15) is 0 Å². The molecule has 4 aromatic rings. The maximum atomic E-state index is 4.61. The molecule has 0 saturated heterocycles. The third-order valence-corrected chi connectivity index (χ3v) is 5.28. The summed E-state index contributed by atoms with van der Waals surface area (Å²) in [6.45, 7) is 5.07. The van der Waals surface area contributed by atoms with Gasteiger partial charge in [0.15, 0.2) is 0 Å². The van der Waals surface area contributed by atoms with Crippen molar-refractivity contribution in [3.05, 3.63) is 101 Å². The molecule has 136 valence electrons. The van der Waals surface area contributed by atoms with Crippen molar-refractivity contribution in [2.75, 3.05) is 7.05 Å². The first-order valence-electron chi connectivity index (χ1n) is 9.35. The number of aryl methyl sites for hydroxylation is 2. The van der Waals surface area contributed by atoms with Gasteiger partial charge >= 0.3 is 0 Å². The molecule has 0 radical (unpaired) electrons. The zero-order valence-electron chi connectivity index (χ0n) is 16.1. The molecular formula is C24H25N3. The summed E-state index contributed by atoms with van der Waals surface area (Å²) in [4.78, 5) is 6.99. The van der Waals surface area contributed by atoms with E-state index < -0.39 is 0 Å². The van der Waals surface area contributed by atoms with Gasteiger partial charge in [-0.1, -0.05) is 60.7 Å². The van der Waals surface area contributed by atoms with Crippen LogP contribution in [0.2, 0.25) is 0 Å². The van der Waals surface area contributed by atoms with Crippen LogP contribution in [0.5, 0.6) is 0 Å². The van der Waals surface area contributed by atoms with E-state index in [9.17, 15) is 0 Å². The summed E-state index contributed by atoms with van der Waals surface area (Å²) >= 11 is 0. The van der Waals surface area contributed by atoms with E-state index in [2.05, 4.69) is 108 Å². The Hall–Kier alpha value is -2.91. The van der Waals surface area contributed by atoms with E-state index in [1.54, 1.807) is 0 Å². The minimum absolute atomic E-state index is 0.191. The number of nitrogens with zero attached hydrogens (tertiary/aromatic N) is 3. The van der Waals surface area contributed by atoms with Crippen molar-refractivity contribution < 1.29 is 0 Å². The van der Waals surface area contributed by atoms with Gasteiger partial charge in [-0.3, -0.25) is 4.90 Å². The van der Waals surface area contributed by atoms with Gasteiger partial charge in [0.1, 0.15) is 0 Å². The highest BCUT2D eigenvalue weighted by Gasteiger charge is 2.20. The number of hydrogen-bond donors (Lipinski definition) is 0. The second kappa shape index (κ2) is 7.37. The fraction of sp³-hybridized carbons (Fsp3) is 0.208. The molecule has 1 heterocycles. The van der Waals surface area contributed by atoms with Crippen LogP contribution in [-0.4, -0.2) is 21.5 Å². The molecule has 0 bridgehead atoms. The summed E-state index contributed by atoms with van der Waals surface area (Å²) in [7, 11) is 2.18. The zero-order chi connectivity index (χ0) is 18.8. The summed E-state index contributed by atoms with van der Waals surface area (Å²) in [5.74, 6) is 0. The van der Waals surface area contributed by atoms with E-state index in [1.807, 2.05) is 6.33 Å². The quantitative estimate of drug-likeness (QED) is 0.482. The molecule has 4 rings (SSSR count). The molecule has 0 saturated carbocycles. The van der Waals surface area contributed by atoms with Crippen LogP contribution in [-0.2, 0) is 6.67 Å². The smallest absolute Gasteiger partial charge is 0.0969 e. The van der Waals surface area contributed by atoms with Crippen LogP contribution in [0.25, 0.3) is 11.0 Å². The highest BCUT2D eigenvalue weighted by Crippen LogP contribution is 2.28. The topological polar surface area (TPSA) is 21.1 Å². The molecule has 27 heavy (non-hydrogen) atoms. The normalized spacial score (nSPS) is 11.6. The van der Waals surface area contributed by atoms with Crippen LogP contribution in [0.1, 0.15) is 28.3 Å². The summed E-state index contributed by atoms with van der Waals surface area (Å²) in [5, 5.41) is 0. The number of rotatable bonds is 5. The predicted molar refractivity (Wildman–Crippen MR) is 112 cm³/mol. The minimum atomic E-state index is 0.191. The van der Waals surface area contributed by atoms with E-state index in [0.717, 1.165) is 12.2 Å². The highest BCUT2D eigenvalue weighted by atomic mass is 15.3. The lowest BCUT2D eigenvalue weighted by Crippen LogP contribution is -2.27. The summed E-state index contributed by atoms with van der Waals surface area (Å²) < 4.78 is 2.24. The van der Waals surface area contributed by atoms with Crippen molar-refractivity contribution in [3.63, 3.8) is 0 Å². The van der Waals surface area contributed by atoms with Gasteiger partial charge in [0, 0.05) is 0 Å². The fourth-order valence-corrected chi connectivity index (χ4v) is 3.72. The molecule has 3 aromatic carbocycles. The maximum Gasteiger partial charge on any atom is 0.0969 e. The molecule has 0 unspecified atom stereocenters. The van der Waals surface area contributed by atoms with Crippen LogP contribution in [0.4, 0.5) is 0 Å². The van der Waals surface area contributed by atoms with Crippen molar-refractivity contribution in [2.45, 2.75) is 26.6 Å². The molecule has 0 aliphatic carbocycles. The monoisotopic (exact) mass is 355 g/mol. The van der Waals surface area contributed by atoms with E-state index in [1.165, 1.54) is 27.8 Å². The highest BCUT2D eigenvalue weighted by molar-refractivity contribution is 5.77. The van der Waals surface area contributed by atoms with E-state index >= 15 is 0 Å². The Labute approximate surface area is 160 Å². The Balaban J connectivity index is 1.71. The summed E-state index contributed by atoms with van der Waals surface area (Å²) in [6, 6.07) is 26.0. The molecule has 3 heteroatoms. The van der Waals surface area contributed by atoms with Gasteiger partial charge in [0.25, 0.3) is 0 Å². The van der Waals surface area contributed by atoms with Gasteiger partial charge in [-0.25, -0.2) is 4.98 Å². The van der Waals surface area contributed by atoms with Crippen molar-refractivity contribution >= 4 is 11.0 Å². The standard InChI is InChI=1S/C24H25N3/c1-18-14-22-23(15-19(18)2)27(16-25-22)17-26(3)24(20-10-6-4-7-11-20)21-12-8-5-9-13-21/h4-16,24H,17H2,1-3H3. The average molecular weight is 355 g/mol. The van der Waals surface area contributed by atoms with E-state index in [4.69, 9.17) is 0 Å². The van der Waals surface area contributed by atoms with Gasteiger partial charge in [0.05, 0.1) is 30.1 Å². The summed E-state index contributed by atoms with van der Waals surface area (Å²) in [6.07, 6.45) is 1.95. The Morgan fingerprint density at radius 3 is 2.00 bits per heavy atom. The van der Waals surface area contributed by atoms with Crippen LogP contribution >= 0.6 is 0 Å². The van der Waals surface area contributed by atoms with Gasteiger partial charge in [-0.05, 0) is 55.3 Å². The Morgan fingerprint density at radius 2 is 1.41 bits per heavy atom. The first-order chi connectivity index (χ1) is 13.1. The molecule has 0 spiro atoms. The lowest BCUT2D eigenvalue weighted by atomic mass is 9.98. The molecule has 0 fully saturated rings. The number of benzene rings is 3. The Bertz CT molecular complexity index is 996. The van der Waals surface area contributed by atoms with Crippen molar-refractivity contribution in [1.82, 2.24) is 14.5 Å². The minimum Gasteiger partial charge on any atom is -0.317 e. The van der Waals surface area contributed by atoms with Crippen molar-refractivity contribution in [3.8, 4) is 0 Å². The third kappa shape index (κ3) is 3.51. The molecule has 0 aliphatic rings. The predicted octanol–water partition coefficient (Wildman–Crippen LogP) is 5.33. The van der Waals surface area contributed by atoms with Crippen LogP contribution in [0.3, 0.4) is 0 Å². The Kier molecular flexibility index (Phi) is 4.78. The van der Waals surface area contributed by atoms with E-state index in [0.29, 0.717) is 0 Å². The molecule has 3 nitrogen and oxygen atoms in total. The van der Waals surface area contributed by atoms with Gasteiger partial charge in [0.2, 0.25) is 0 Å². The second-order valence-corrected chi connectivity index (χ2v) is 7.26. The van der Waals surface area contributed by atoms with Crippen molar-refractivity contribution in [1.29, 1.82) is 0 Å².